The zero-order chi connectivity index (χ0) is 20.9. The van der Waals surface area contributed by atoms with Crippen LogP contribution in [0.2, 0.25) is 5.02 Å². The Morgan fingerprint density at radius 2 is 1.83 bits per heavy atom. The molecule has 1 N–H and O–H groups in total. The van der Waals surface area contributed by atoms with Gasteiger partial charge in [0.15, 0.2) is 0 Å². The highest BCUT2D eigenvalue weighted by atomic mass is 35.5. The standard InChI is InChI=1S/C24H23ClN2O3/c25-22-17(3-1-4-18(22)19-9-10-20(28)26-23(19)30)16-7-5-15(6-8-16)14-27-21(29)13-24(27)11-2-12-24/h1,3-8,19H,2,9-14H2,(H,26,28,30). The summed E-state index contributed by atoms with van der Waals surface area (Å²) >= 11 is 6.70. The number of piperidine rings is 1. The highest BCUT2D eigenvalue weighted by Crippen LogP contribution is 2.48. The summed E-state index contributed by atoms with van der Waals surface area (Å²) in [6.45, 7) is 0.656. The summed E-state index contributed by atoms with van der Waals surface area (Å²) < 4.78 is 0. The van der Waals surface area contributed by atoms with Crippen molar-refractivity contribution in [2.75, 3.05) is 0 Å². The molecule has 0 bridgehead atoms. The van der Waals surface area contributed by atoms with E-state index in [2.05, 4.69) is 5.32 Å². The molecule has 1 unspecified atom stereocenters. The van der Waals surface area contributed by atoms with E-state index < -0.39 is 5.92 Å². The summed E-state index contributed by atoms with van der Waals surface area (Å²) in [7, 11) is 0. The first-order chi connectivity index (χ1) is 14.5. The molecule has 2 aromatic carbocycles. The number of benzene rings is 2. The summed E-state index contributed by atoms with van der Waals surface area (Å²) in [5.41, 5.74) is 3.82. The Balaban J connectivity index is 1.36. The van der Waals surface area contributed by atoms with Crippen LogP contribution in [0.4, 0.5) is 0 Å². The lowest BCUT2D eigenvalue weighted by Gasteiger charge is -2.58. The molecule has 2 aliphatic heterocycles. The average molecular weight is 423 g/mol. The predicted molar refractivity (Wildman–Crippen MR) is 114 cm³/mol. The van der Waals surface area contributed by atoms with E-state index in [1.807, 2.05) is 47.4 Å². The molecule has 1 aliphatic carbocycles. The van der Waals surface area contributed by atoms with Crippen molar-refractivity contribution in [1.29, 1.82) is 0 Å². The van der Waals surface area contributed by atoms with Crippen LogP contribution in [0.5, 0.6) is 0 Å². The summed E-state index contributed by atoms with van der Waals surface area (Å²) in [5, 5.41) is 2.95. The van der Waals surface area contributed by atoms with Crippen LogP contribution in [0.15, 0.2) is 42.5 Å². The van der Waals surface area contributed by atoms with E-state index >= 15 is 0 Å². The molecule has 3 amide bonds. The van der Waals surface area contributed by atoms with Gasteiger partial charge in [-0.05, 0) is 42.4 Å². The number of imide groups is 1. The topological polar surface area (TPSA) is 66.5 Å². The first kappa shape index (κ1) is 19.3. The smallest absolute Gasteiger partial charge is 0.234 e. The normalized spacial score (nSPS) is 22.5. The molecule has 1 atom stereocenters. The number of carbonyl (C=O) groups is 3. The van der Waals surface area contributed by atoms with E-state index in [1.165, 1.54) is 6.42 Å². The quantitative estimate of drug-likeness (QED) is 0.593. The van der Waals surface area contributed by atoms with Crippen LogP contribution < -0.4 is 5.32 Å². The minimum absolute atomic E-state index is 0.134. The van der Waals surface area contributed by atoms with Crippen molar-refractivity contribution in [3.63, 3.8) is 0 Å². The van der Waals surface area contributed by atoms with Gasteiger partial charge in [-0.2, -0.15) is 0 Å². The van der Waals surface area contributed by atoms with E-state index in [-0.39, 0.29) is 23.3 Å². The van der Waals surface area contributed by atoms with Crippen LogP contribution in [-0.4, -0.2) is 28.2 Å². The lowest BCUT2D eigenvalue weighted by Crippen LogP contribution is -2.66. The molecule has 5 nitrogen and oxygen atoms in total. The number of halogens is 1. The first-order valence-corrected chi connectivity index (χ1v) is 10.9. The number of rotatable bonds is 4. The molecule has 2 saturated heterocycles. The summed E-state index contributed by atoms with van der Waals surface area (Å²) in [6, 6.07) is 13.8. The Morgan fingerprint density at radius 1 is 1.07 bits per heavy atom. The molecule has 2 aromatic rings. The molecule has 2 heterocycles. The van der Waals surface area contributed by atoms with Crippen molar-refractivity contribution >= 4 is 29.3 Å². The SMILES string of the molecule is O=C1CCC(c2cccc(-c3ccc(CN4C(=O)CC45CCC5)cc3)c2Cl)C(=O)N1. The first-order valence-electron chi connectivity index (χ1n) is 10.5. The minimum atomic E-state index is -0.412. The summed E-state index contributed by atoms with van der Waals surface area (Å²) in [5.74, 6) is -0.683. The Morgan fingerprint density at radius 3 is 2.47 bits per heavy atom. The monoisotopic (exact) mass is 422 g/mol. The van der Waals surface area contributed by atoms with Crippen LogP contribution >= 0.6 is 11.6 Å². The van der Waals surface area contributed by atoms with Gasteiger partial charge in [-0.3, -0.25) is 19.7 Å². The molecule has 3 aliphatic rings. The molecule has 30 heavy (non-hydrogen) atoms. The number of amides is 3. The number of hydrogen-bond acceptors (Lipinski definition) is 3. The second-order valence-electron chi connectivity index (χ2n) is 8.64. The number of likely N-dealkylation sites (tertiary alicyclic amines) is 1. The molecule has 1 saturated carbocycles. The van der Waals surface area contributed by atoms with E-state index in [0.29, 0.717) is 30.8 Å². The van der Waals surface area contributed by atoms with Crippen molar-refractivity contribution < 1.29 is 14.4 Å². The largest absolute Gasteiger partial charge is 0.332 e. The maximum absolute atomic E-state index is 12.3. The number of nitrogens with one attached hydrogen (secondary N) is 1. The van der Waals surface area contributed by atoms with Gasteiger partial charge in [0.25, 0.3) is 0 Å². The van der Waals surface area contributed by atoms with Gasteiger partial charge < -0.3 is 4.90 Å². The Hall–Kier alpha value is -2.66. The fraction of sp³-hybridized carbons (Fsp3) is 0.375. The molecular weight excluding hydrogens is 400 g/mol. The van der Waals surface area contributed by atoms with Crippen LogP contribution in [0.1, 0.15) is 55.6 Å². The maximum atomic E-state index is 12.3. The summed E-state index contributed by atoms with van der Waals surface area (Å²) in [4.78, 5) is 37.8. The van der Waals surface area contributed by atoms with Gasteiger partial charge in [-0.25, -0.2) is 0 Å². The van der Waals surface area contributed by atoms with Crippen LogP contribution in [0.3, 0.4) is 0 Å². The van der Waals surface area contributed by atoms with Crippen molar-refractivity contribution in [1.82, 2.24) is 10.2 Å². The molecule has 1 spiro atoms. The third kappa shape index (κ3) is 3.12. The van der Waals surface area contributed by atoms with Crippen molar-refractivity contribution in [2.45, 2.75) is 56.5 Å². The van der Waals surface area contributed by atoms with Gasteiger partial charge in [-0.15, -0.1) is 0 Å². The molecular formula is C24H23ClN2O3. The predicted octanol–water partition coefficient (Wildman–Crippen LogP) is 4.18. The highest BCUT2D eigenvalue weighted by Gasteiger charge is 2.54. The van der Waals surface area contributed by atoms with Crippen molar-refractivity contribution in [3.8, 4) is 11.1 Å². The number of β-lactam (4-membered cyclic amide) rings is 1. The van der Waals surface area contributed by atoms with Gasteiger partial charge in [0.05, 0.1) is 22.9 Å². The fourth-order valence-electron chi connectivity index (χ4n) is 4.94. The van der Waals surface area contributed by atoms with E-state index in [4.69, 9.17) is 11.6 Å². The van der Waals surface area contributed by atoms with E-state index in [0.717, 1.165) is 35.1 Å². The maximum Gasteiger partial charge on any atom is 0.234 e. The second kappa shape index (κ2) is 7.24. The molecule has 154 valence electrons. The lowest BCUT2D eigenvalue weighted by atomic mass is 9.67. The van der Waals surface area contributed by atoms with Crippen molar-refractivity contribution in [2.24, 2.45) is 0 Å². The van der Waals surface area contributed by atoms with Crippen LogP contribution in [-0.2, 0) is 20.9 Å². The average Bonchev–Trinajstić information content (AvgIpc) is 2.70. The third-order valence-corrected chi connectivity index (χ3v) is 7.31. The number of nitrogens with zero attached hydrogens (tertiary/aromatic N) is 1. The Labute approximate surface area is 180 Å². The molecule has 0 aromatic heterocycles. The molecule has 5 rings (SSSR count). The lowest BCUT2D eigenvalue weighted by molar-refractivity contribution is -0.167. The second-order valence-corrected chi connectivity index (χ2v) is 9.02. The van der Waals surface area contributed by atoms with E-state index in [1.54, 1.807) is 0 Å². The van der Waals surface area contributed by atoms with Crippen LogP contribution in [0.25, 0.3) is 11.1 Å². The number of hydrogen-bond donors (Lipinski definition) is 1. The van der Waals surface area contributed by atoms with Gasteiger partial charge >= 0.3 is 0 Å². The molecule has 3 fully saturated rings. The van der Waals surface area contributed by atoms with Crippen molar-refractivity contribution in [3.05, 3.63) is 58.6 Å². The fourth-order valence-corrected chi connectivity index (χ4v) is 5.30. The Bertz CT molecular complexity index is 1040. The van der Waals surface area contributed by atoms with Crippen LogP contribution in [0, 0.1) is 0 Å². The van der Waals surface area contributed by atoms with Gasteiger partial charge in [0.1, 0.15) is 0 Å². The van der Waals surface area contributed by atoms with Gasteiger partial charge in [0.2, 0.25) is 17.7 Å². The van der Waals surface area contributed by atoms with Gasteiger partial charge in [-0.1, -0.05) is 54.1 Å². The summed E-state index contributed by atoms with van der Waals surface area (Å²) in [6.07, 6.45) is 4.96. The zero-order valence-corrected chi connectivity index (χ0v) is 17.4. The Kier molecular flexibility index (Phi) is 4.66. The van der Waals surface area contributed by atoms with E-state index in [9.17, 15) is 14.4 Å². The molecule has 0 radical (unpaired) electrons. The number of carbonyl (C=O) groups excluding carboxylic acids is 3. The molecule has 6 heteroatoms. The zero-order valence-electron chi connectivity index (χ0n) is 16.6. The van der Waals surface area contributed by atoms with Gasteiger partial charge in [0, 0.05) is 18.5 Å². The third-order valence-electron chi connectivity index (χ3n) is 6.89. The highest BCUT2D eigenvalue weighted by molar-refractivity contribution is 6.34. The minimum Gasteiger partial charge on any atom is -0.332 e.